The maximum absolute atomic E-state index is 12.5. The van der Waals surface area contributed by atoms with E-state index in [0.29, 0.717) is 19.4 Å². The lowest BCUT2D eigenvalue weighted by Crippen LogP contribution is -2.45. The molecule has 6 nitrogen and oxygen atoms in total. The van der Waals surface area contributed by atoms with Gasteiger partial charge < -0.3 is 20.3 Å². The highest BCUT2D eigenvalue weighted by Gasteiger charge is 2.18. The van der Waals surface area contributed by atoms with Gasteiger partial charge in [0.15, 0.2) is 0 Å². The van der Waals surface area contributed by atoms with Crippen molar-refractivity contribution in [1.29, 1.82) is 0 Å². The number of rotatable bonds is 59. The largest absolute Gasteiger partial charge is 0.465 e. The third kappa shape index (κ3) is 58.7. The molecule has 0 aliphatic heterocycles. The molecule has 73 heavy (non-hydrogen) atoms. The Labute approximate surface area is 454 Å². The van der Waals surface area contributed by atoms with E-state index in [9.17, 15) is 19.8 Å². The Morgan fingerprint density at radius 2 is 0.712 bits per heavy atom. The van der Waals surface area contributed by atoms with Crippen LogP contribution in [0.4, 0.5) is 0 Å². The van der Waals surface area contributed by atoms with Crippen molar-refractivity contribution in [2.45, 2.75) is 341 Å². The fraction of sp³-hybridized carbons (Fsp3) is 0.821. The van der Waals surface area contributed by atoms with Crippen LogP contribution >= 0.6 is 0 Å². The molecule has 3 N–H and O–H groups in total. The molecule has 0 fully saturated rings. The molecule has 0 saturated carbocycles. The van der Waals surface area contributed by atoms with Crippen LogP contribution in [0.3, 0.4) is 0 Å². The summed E-state index contributed by atoms with van der Waals surface area (Å²) in [6.45, 7) is 4.74. The molecule has 2 unspecified atom stereocenters. The molecule has 0 aliphatic carbocycles. The van der Waals surface area contributed by atoms with Gasteiger partial charge in [0.1, 0.15) is 0 Å². The normalized spacial score (nSPS) is 13.0. The zero-order chi connectivity index (χ0) is 52.9. The average Bonchev–Trinajstić information content (AvgIpc) is 3.39. The van der Waals surface area contributed by atoms with Gasteiger partial charge in [0.2, 0.25) is 5.91 Å². The molecule has 2 atom stereocenters. The van der Waals surface area contributed by atoms with E-state index in [-0.39, 0.29) is 18.5 Å². The molecule has 0 heterocycles. The Kier molecular flexibility index (Phi) is 60.0. The van der Waals surface area contributed by atoms with Gasteiger partial charge in [-0.1, -0.05) is 299 Å². The van der Waals surface area contributed by atoms with E-state index >= 15 is 0 Å². The summed E-state index contributed by atoms with van der Waals surface area (Å²) in [6, 6.07) is -0.634. The predicted molar refractivity (Wildman–Crippen MR) is 319 cm³/mol. The predicted octanol–water partition coefficient (Wildman–Crippen LogP) is 20.3. The minimum absolute atomic E-state index is 0.0515. The standard InChI is InChI=1S/C67H123NO5/c1-3-5-7-9-11-13-15-17-18-19-20-21-23-26-29-32-36-39-43-47-51-55-59-65(70)64(63-69)68-66(71)60-56-52-48-44-40-37-33-30-27-24-22-25-28-31-34-38-42-46-50-54-58-62-73-67(72)61-57-53-49-45-41-35-16-14-12-10-8-6-4-2/h8,10,14,16,38,42,50,54-55,59,64-65,69-70H,3-7,9,11-13,15,17-37,39-41,43-49,51-53,56-58,60-63H2,1-2H3,(H,68,71)/b10-8-,16-14-,42-38-,54-50-,59-55+. The number of carbonyl (C=O) groups is 2. The van der Waals surface area contributed by atoms with Crippen molar-refractivity contribution in [3.8, 4) is 0 Å². The summed E-state index contributed by atoms with van der Waals surface area (Å²) < 4.78 is 5.40. The summed E-state index contributed by atoms with van der Waals surface area (Å²) in [7, 11) is 0. The van der Waals surface area contributed by atoms with Gasteiger partial charge >= 0.3 is 5.97 Å². The van der Waals surface area contributed by atoms with Crippen molar-refractivity contribution >= 4 is 11.9 Å². The van der Waals surface area contributed by atoms with Gasteiger partial charge in [-0.15, -0.1) is 0 Å². The van der Waals surface area contributed by atoms with Crippen LogP contribution in [0.2, 0.25) is 0 Å². The number of esters is 1. The van der Waals surface area contributed by atoms with Crippen LogP contribution < -0.4 is 5.32 Å². The smallest absolute Gasteiger partial charge is 0.305 e. The Balaban J connectivity index is 3.50. The summed E-state index contributed by atoms with van der Waals surface area (Å²) in [5.74, 6) is -0.123. The molecule has 0 aromatic carbocycles. The first kappa shape index (κ1) is 70.6. The van der Waals surface area contributed by atoms with Crippen LogP contribution in [0.1, 0.15) is 328 Å². The number of aliphatic hydroxyl groups is 2. The second kappa shape index (κ2) is 62.1. The minimum atomic E-state index is -0.851. The second-order valence-electron chi connectivity index (χ2n) is 21.7. The number of nitrogens with one attached hydrogen (secondary N) is 1. The fourth-order valence-corrected chi connectivity index (χ4v) is 9.63. The summed E-state index contributed by atoms with van der Waals surface area (Å²) in [5, 5.41) is 23.2. The number of amides is 1. The molecule has 0 aliphatic rings. The molecule has 0 aromatic rings. The second-order valence-corrected chi connectivity index (χ2v) is 21.7. The van der Waals surface area contributed by atoms with Gasteiger partial charge in [0.25, 0.3) is 0 Å². The van der Waals surface area contributed by atoms with Gasteiger partial charge in [0, 0.05) is 12.8 Å². The van der Waals surface area contributed by atoms with Crippen molar-refractivity contribution in [2.24, 2.45) is 0 Å². The Hall–Kier alpha value is -2.44. The lowest BCUT2D eigenvalue weighted by atomic mass is 10.0. The molecule has 0 radical (unpaired) electrons. The van der Waals surface area contributed by atoms with Gasteiger partial charge in [-0.2, -0.15) is 0 Å². The molecule has 0 saturated heterocycles. The van der Waals surface area contributed by atoms with Crippen LogP contribution in [0.25, 0.3) is 0 Å². The van der Waals surface area contributed by atoms with Gasteiger partial charge in [-0.25, -0.2) is 0 Å². The number of aliphatic hydroxyl groups excluding tert-OH is 2. The summed E-state index contributed by atoms with van der Waals surface area (Å²) in [6.07, 6.45) is 81.4. The SMILES string of the molecule is CCC/C=C\C/C=C\CCCCCCCC(=O)OCC/C=C\C/C=C\CCCCCCCCCCCCCCCCC(=O)NC(CO)C(O)/C=C/CCCCCCCCCCCCCCCCCCCCCC. The van der Waals surface area contributed by atoms with E-state index in [1.807, 2.05) is 6.08 Å². The first-order valence-electron chi connectivity index (χ1n) is 32.1. The number of allylic oxidation sites excluding steroid dienone is 8. The molecule has 1 amide bonds. The maximum Gasteiger partial charge on any atom is 0.305 e. The third-order valence-corrected chi connectivity index (χ3v) is 14.5. The summed E-state index contributed by atoms with van der Waals surface area (Å²) in [4.78, 5) is 24.5. The lowest BCUT2D eigenvalue weighted by molar-refractivity contribution is -0.143. The van der Waals surface area contributed by atoms with E-state index in [2.05, 4.69) is 67.8 Å². The van der Waals surface area contributed by atoms with Gasteiger partial charge in [-0.3, -0.25) is 9.59 Å². The molecular weight excluding hydrogens is 899 g/mol. The van der Waals surface area contributed by atoms with Crippen LogP contribution in [0, 0.1) is 0 Å². The molecule has 0 rings (SSSR count). The van der Waals surface area contributed by atoms with Crippen LogP contribution in [-0.4, -0.2) is 47.4 Å². The van der Waals surface area contributed by atoms with Gasteiger partial charge in [-0.05, 0) is 77.0 Å². The average molecular weight is 1020 g/mol. The highest BCUT2D eigenvalue weighted by atomic mass is 16.5. The Bertz CT molecular complexity index is 1270. The van der Waals surface area contributed by atoms with Crippen molar-refractivity contribution in [3.05, 3.63) is 60.8 Å². The molecular formula is C67H123NO5. The highest BCUT2D eigenvalue weighted by Crippen LogP contribution is 2.17. The van der Waals surface area contributed by atoms with Crippen LogP contribution in [0.15, 0.2) is 60.8 Å². The lowest BCUT2D eigenvalue weighted by Gasteiger charge is -2.20. The number of ether oxygens (including phenoxy) is 1. The number of carbonyl (C=O) groups excluding carboxylic acids is 2. The quantitative estimate of drug-likeness (QED) is 0.0320. The molecule has 0 aromatic heterocycles. The third-order valence-electron chi connectivity index (χ3n) is 14.5. The van der Waals surface area contributed by atoms with Crippen LogP contribution in [-0.2, 0) is 14.3 Å². The Morgan fingerprint density at radius 1 is 0.384 bits per heavy atom. The maximum atomic E-state index is 12.5. The monoisotopic (exact) mass is 1020 g/mol. The van der Waals surface area contributed by atoms with Gasteiger partial charge in [0.05, 0.1) is 25.4 Å². The molecule has 0 bridgehead atoms. The first-order valence-corrected chi connectivity index (χ1v) is 32.1. The Morgan fingerprint density at radius 3 is 1.10 bits per heavy atom. The summed E-state index contributed by atoms with van der Waals surface area (Å²) in [5.41, 5.74) is 0. The number of hydrogen-bond donors (Lipinski definition) is 3. The highest BCUT2D eigenvalue weighted by molar-refractivity contribution is 5.76. The molecule has 426 valence electrons. The van der Waals surface area contributed by atoms with Crippen molar-refractivity contribution in [2.75, 3.05) is 13.2 Å². The summed E-state index contributed by atoms with van der Waals surface area (Å²) >= 11 is 0. The zero-order valence-corrected chi connectivity index (χ0v) is 48.6. The topological polar surface area (TPSA) is 95.9 Å². The van der Waals surface area contributed by atoms with E-state index in [4.69, 9.17) is 4.74 Å². The van der Waals surface area contributed by atoms with E-state index < -0.39 is 12.1 Å². The van der Waals surface area contributed by atoms with E-state index in [1.54, 1.807) is 6.08 Å². The van der Waals surface area contributed by atoms with E-state index in [0.717, 1.165) is 64.2 Å². The fourth-order valence-electron chi connectivity index (χ4n) is 9.63. The van der Waals surface area contributed by atoms with Crippen LogP contribution in [0.5, 0.6) is 0 Å². The molecule has 0 spiro atoms. The van der Waals surface area contributed by atoms with E-state index in [1.165, 1.54) is 238 Å². The van der Waals surface area contributed by atoms with Crippen molar-refractivity contribution in [3.63, 3.8) is 0 Å². The number of hydrogen-bond acceptors (Lipinski definition) is 5. The minimum Gasteiger partial charge on any atom is -0.465 e. The van der Waals surface area contributed by atoms with Crippen molar-refractivity contribution < 1.29 is 24.5 Å². The first-order chi connectivity index (χ1) is 36.0. The number of unbranched alkanes of at least 4 members (excludes halogenated alkanes) is 40. The zero-order valence-electron chi connectivity index (χ0n) is 48.6. The molecule has 6 heteroatoms. The van der Waals surface area contributed by atoms with Crippen molar-refractivity contribution in [1.82, 2.24) is 5.32 Å².